The molecule has 0 aliphatic heterocycles. The number of nitrogens with one attached hydrogen (secondary N) is 1. The van der Waals surface area contributed by atoms with Gasteiger partial charge in [-0.15, -0.1) is 0 Å². The highest BCUT2D eigenvalue weighted by Crippen LogP contribution is 2.14. The van der Waals surface area contributed by atoms with E-state index in [0.717, 1.165) is 6.07 Å². The van der Waals surface area contributed by atoms with Crippen LogP contribution in [0.1, 0.15) is 6.42 Å². The Labute approximate surface area is 117 Å². The number of methoxy groups -OCH3 is 1. The summed E-state index contributed by atoms with van der Waals surface area (Å²) in [5.41, 5.74) is 0. The molecule has 0 heterocycles. The molecule has 0 bridgehead atoms. The van der Waals surface area contributed by atoms with Gasteiger partial charge in [0.2, 0.25) is 20.0 Å². The quantitative estimate of drug-likeness (QED) is 0.657. The van der Waals surface area contributed by atoms with Crippen molar-refractivity contribution in [2.45, 2.75) is 16.2 Å². The third kappa shape index (κ3) is 4.56. The summed E-state index contributed by atoms with van der Waals surface area (Å²) < 4.78 is 52.6. The van der Waals surface area contributed by atoms with E-state index >= 15 is 0 Å². The largest absolute Gasteiger partial charge is 0.469 e. The van der Waals surface area contributed by atoms with Gasteiger partial charge >= 0.3 is 5.97 Å². The van der Waals surface area contributed by atoms with Crippen LogP contribution in [0, 0.1) is 0 Å². The Bertz CT molecular complexity index is 696. The number of benzene rings is 1. The van der Waals surface area contributed by atoms with Gasteiger partial charge in [0.15, 0.2) is 0 Å². The lowest BCUT2D eigenvalue weighted by molar-refractivity contribution is -0.140. The Hall–Kier alpha value is -1.49. The second-order valence-corrected chi connectivity index (χ2v) is 7.07. The number of esters is 1. The van der Waals surface area contributed by atoms with E-state index in [2.05, 4.69) is 9.46 Å². The van der Waals surface area contributed by atoms with E-state index in [-0.39, 0.29) is 22.8 Å². The molecule has 0 aliphatic rings. The summed E-state index contributed by atoms with van der Waals surface area (Å²) in [5.74, 6) is -0.564. The Morgan fingerprint density at radius 1 is 1.25 bits per heavy atom. The zero-order valence-corrected chi connectivity index (χ0v) is 12.2. The predicted molar refractivity (Wildman–Crippen MR) is 69.6 cm³/mol. The number of ether oxygens (including phenoxy) is 1. The molecule has 0 unspecified atom stereocenters. The molecule has 10 heteroatoms. The van der Waals surface area contributed by atoms with Crippen molar-refractivity contribution < 1.29 is 26.4 Å². The lowest BCUT2D eigenvalue weighted by Gasteiger charge is -2.07. The first kappa shape index (κ1) is 16.6. The fourth-order valence-electron chi connectivity index (χ4n) is 1.29. The highest BCUT2D eigenvalue weighted by molar-refractivity contribution is 7.90. The molecule has 0 aliphatic carbocycles. The number of carbonyl (C=O) groups is 1. The number of hydrogen-bond acceptors (Lipinski definition) is 6. The molecule has 20 heavy (non-hydrogen) atoms. The average Bonchev–Trinajstić information content (AvgIpc) is 2.37. The van der Waals surface area contributed by atoms with Crippen LogP contribution in [0.25, 0.3) is 0 Å². The Kier molecular flexibility index (Phi) is 5.22. The van der Waals surface area contributed by atoms with Gasteiger partial charge in [0.1, 0.15) is 0 Å². The van der Waals surface area contributed by atoms with Crippen LogP contribution in [0.4, 0.5) is 0 Å². The molecule has 1 aromatic carbocycles. The minimum atomic E-state index is -3.99. The first-order chi connectivity index (χ1) is 9.16. The van der Waals surface area contributed by atoms with Crippen LogP contribution >= 0.6 is 0 Å². The number of carbonyl (C=O) groups excluding carboxylic acids is 1. The standard InChI is InChI=1S/C10H14N2O6S2/c1-18-10(13)5-6-12-20(16,17)9-4-2-3-8(7-9)19(11,14)15/h2-4,7,12H,5-6H2,1H3,(H2,11,14,15). The third-order valence-electron chi connectivity index (χ3n) is 2.29. The predicted octanol–water partition coefficient (Wildman–Crippen LogP) is -0.825. The van der Waals surface area contributed by atoms with Crippen molar-refractivity contribution in [1.29, 1.82) is 0 Å². The Morgan fingerprint density at radius 2 is 1.85 bits per heavy atom. The normalized spacial score (nSPS) is 12.1. The van der Waals surface area contributed by atoms with Gasteiger partial charge in [-0.2, -0.15) is 0 Å². The van der Waals surface area contributed by atoms with Crippen molar-refractivity contribution >= 4 is 26.0 Å². The van der Waals surface area contributed by atoms with Gasteiger partial charge in [-0.3, -0.25) is 4.79 Å². The SMILES string of the molecule is COC(=O)CCNS(=O)(=O)c1cccc(S(N)(=O)=O)c1. The Balaban J connectivity index is 2.91. The molecule has 1 aromatic rings. The van der Waals surface area contributed by atoms with Gasteiger partial charge in [0, 0.05) is 6.54 Å². The van der Waals surface area contributed by atoms with Crippen LogP contribution in [0.15, 0.2) is 34.1 Å². The molecule has 0 saturated heterocycles. The summed E-state index contributed by atoms with van der Waals surface area (Å²) in [5, 5.41) is 4.92. The molecule has 0 radical (unpaired) electrons. The number of nitrogens with two attached hydrogens (primary N) is 1. The molecule has 0 fully saturated rings. The highest BCUT2D eigenvalue weighted by atomic mass is 32.2. The summed E-state index contributed by atoms with van der Waals surface area (Å²) >= 11 is 0. The van der Waals surface area contributed by atoms with Crippen molar-refractivity contribution in [1.82, 2.24) is 4.72 Å². The highest BCUT2D eigenvalue weighted by Gasteiger charge is 2.17. The third-order valence-corrected chi connectivity index (χ3v) is 4.66. The topological polar surface area (TPSA) is 133 Å². The molecule has 3 N–H and O–H groups in total. The molecule has 0 spiro atoms. The smallest absolute Gasteiger partial charge is 0.306 e. The Morgan fingerprint density at radius 3 is 2.40 bits per heavy atom. The first-order valence-corrected chi connectivity index (χ1v) is 8.39. The van der Waals surface area contributed by atoms with Gasteiger partial charge in [-0.25, -0.2) is 26.7 Å². The monoisotopic (exact) mass is 322 g/mol. The van der Waals surface area contributed by atoms with E-state index in [4.69, 9.17) is 5.14 Å². The van der Waals surface area contributed by atoms with Crippen molar-refractivity contribution in [3.8, 4) is 0 Å². The average molecular weight is 322 g/mol. The van der Waals surface area contributed by atoms with Crippen LogP contribution in [-0.4, -0.2) is 36.5 Å². The van der Waals surface area contributed by atoms with Gasteiger partial charge in [-0.05, 0) is 18.2 Å². The summed E-state index contributed by atoms with van der Waals surface area (Å²) in [7, 11) is -6.73. The molecule has 0 saturated carbocycles. The number of primary sulfonamides is 1. The maximum absolute atomic E-state index is 11.9. The molecule has 0 aromatic heterocycles. The first-order valence-electron chi connectivity index (χ1n) is 5.36. The van der Waals surface area contributed by atoms with Crippen LogP contribution < -0.4 is 9.86 Å². The number of rotatable bonds is 6. The van der Waals surface area contributed by atoms with Crippen LogP contribution in [0.2, 0.25) is 0 Å². The van der Waals surface area contributed by atoms with E-state index in [9.17, 15) is 21.6 Å². The fourth-order valence-corrected chi connectivity index (χ4v) is 3.00. The molecule has 0 atom stereocenters. The van der Waals surface area contributed by atoms with E-state index in [1.54, 1.807) is 0 Å². The van der Waals surface area contributed by atoms with Crippen molar-refractivity contribution in [3.63, 3.8) is 0 Å². The number of sulfonamides is 2. The van der Waals surface area contributed by atoms with E-state index in [1.807, 2.05) is 0 Å². The minimum absolute atomic E-state index is 0.134. The van der Waals surface area contributed by atoms with Crippen molar-refractivity contribution in [2.75, 3.05) is 13.7 Å². The maximum atomic E-state index is 11.9. The number of hydrogen-bond donors (Lipinski definition) is 2. The van der Waals surface area contributed by atoms with Gasteiger partial charge in [0.25, 0.3) is 0 Å². The molecule has 1 rings (SSSR count). The van der Waals surface area contributed by atoms with Gasteiger partial charge < -0.3 is 4.74 Å². The second kappa shape index (κ2) is 6.31. The molecule has 0 amide bonds. The molecular formula is C10H14N2O6S2. The lowest BCUT2D eigenvalue weighted by atomic mass is 10.4. The summed E-state index contributed by atoms with van der Waals surface area (Å²) in [4.78, 5) is 10.3. The second-order valence-electron chi connectivity index (χ2n) is 3.74. The molecule has 8 nitrogen and oxygen atoms in total. The zero-order chi connectivity index (χ0) is 15.4. The van der Waals surface area contributed by atoms with Crippen molar-refractivity contribution in [3.05, 3.63) is 24.3 Å². The molecular weight excluding hydrogens is 308 g/mol. The lowest BCUT2D eigenvalue weighted by Crippen LogP contribution is -2.27. The zero-order valence-electron chi connectivity index (χ0n) is 10.6. The van der Waals surface area contributed by atoms with Crippen LogP contribution in [0.5, 0.6) is 0 Å². The van der Waals surface area contributed by atoms with E-state index in [1.165, 1.54) is 25.3 Å². The fraction of sp³-hybridized carbons (Fsp3) is 0.300. The molecule has 112 valence electrons. The van der Waals surface area contributed by atoms with Crippen molar-refractivity contribution in [2.24, 2.45) is 5.14 Å². The maximum Gasteiger partial charge on any atom is 0.306 e. The summed E-state index contributed by atoms with van der Waals surface area (Å²) in [6.45, 7) is -0.158. The van der Waals surface area contributed by atoms with Gasteiger partial charge in [-0.1, -0.05) is 6.07 Å². The van der Waals surface area contributed by atoms with Crippen LogP contribution in [0.3, 0.4) is 0 Å². The summed E-state index contributed by atoms with van der Waals surface area (Å²) in [6.07, 6.45) is -0.134. The van der Waals surface area contributed by atoms with E-state index < -0.39 is 26.0 Å². The summed E-state index contributed by atoms with van der Waals surface area (Å²) in [6, 6.07) is 4.60. The minimum Gasteiger partial charge on any atom is -0.469 e. The van der Waals surface area contributed by atoms with E-state index in [0.29, 0.717) is 0 Å². The van der Waals surface area contributed by atoms with Gasteiger partial charge in [0.05, 0.1) is 23.3 Å². The van der Waals surface area contributed by atoms with Crippen LogP contribution in [-0.2, 0) is 29.6 Å².